The lowest BCUT2D eigenvalue weighted by Crippen LogP contribution is -2.29. The van der Waals surface area contributed by atoms with E-state index < -0.39 is 95.3 Å². The van der Waals surface area contributed by atoms with Crippen LogP contribution in [-0.2, 0) is 52.3 Å². The average molecular weight is 1240 g/mol. The van der Waals surface area contributed by atoms with E-state index in [4.69, 9.17) is 43.4 Å². The summed E-state index contributed by atoms with van der Waals surface area (Å²) in [5.41, 5.74) is 7.74. The lowest BCUT2D eigenvalue weighted by molar-refractivity contribution is -0.386. The van der Waals surface area contributed by atoms with Crippen LogP contribution in [0, 0.1) is 22.0 Å². The zero-order chi connectivity index (χ0) is 61.9. The van der Waals surface area contributed by atoms with Crippen LogP contribution in [0.5, 0.6) is 0 Å². The molecule has 3 unspecified atom stereocenters. The number of nitrogens with one attached hydrogen (secondary N) is 3. The lowest BCUT2D eigenvalue weighted by atomic mass is 9.89. The molecule has 0 radical (unpaired) electrons. The molecular formula is C51H55N9O22P3+. The summed E-state index contributed by atoms with van der Waals surface area (Å²) in [6, 6.07) is 19.3. The number of carboxylic acid groups (broad SMARTS) is 1. The van der Waals surface area contributed by atoms with E-state index in [0.29, 0.717) is 33.4 Å². The van der Waals surface area contributed by atoms with Crippen molar-refractivity contribution in [2.75, 3.05) is 65.9 Å². The number of nitrogen functional groups attached to an aromatic ring is 1. The number of benzene rings is 4. The summed E-state index contributed by atoms with van der Waals surface area (Å²) in [6.07, 6.45) is -4.48. The summed E-state index contributed by atoms with van der Waals surface area (Å²) in [7, 11) is -8.30. The number of amides is 2. The van der Waals surface area contributed by atoms with Gasteiger partial charge in [0, 0.05) is 86.3 Å². The van der Waals surface area contributed by atoms with Crippen molar-refractivity contribution < 1.29 is 94.2 Å². The molecular weight excluding hydrogens is 1180 g/mol. The van der Waals surface area contributed by atoms with E-state index >= 15 is 0 Å². The van der Waals surface area contributed by atoms with Gasteiger partial charge in [-0.3, -0.25) is 29.2 Å². The third kappa shape index (κ3) is 15.0. The summed E-state index contributed by atoms with van der Waals surface area (Å²) < 4.78 is 79.5. The third-order valence-corrected chi connectivity index (χ3v) is 16.7. The number of aromatic carboxylic acids is 1. The molecule has 2 aliphatic heterocycles. The molecule has 34 heteroatoms. The van der Waals surface area contributed by atoms with Crippen LogP contribution in [0.3, 0.4) is 0 Å². The molecule has 1 fully saturated rings. The molecule has 10 N–H and O–H groups in total. The maximum absolute atomic E-state index is 13.9. The molecule has 6 atom stereocenters. The number of H-pyrrole nitrogens is 1. The molecule has 85 heavy (non-hydrogen) atoms. The minimum Gasteiger partial charge on any atom is -0.478 e. The predicted octanol–water partition coefficient (Wildman–Crippen LogP) is 4.92. The number of anilines is 2. The van der Waals surface area contributed by atoms with Gasteiger partial charge in [-0.2, -0.15) is 13.6 Å². The quantitative estimate of drug-likeness (QED) is 0.00877. The van der Waals surface area contributed by atoms with Crippen LogP contribution >= 0.6 is 23.5 Å². The van der Waals surface area contributed by atoms with E-state index in [1.54, 1.807) is 0 Å². The third-order valence-electron chi connectivity index (χ3n) is 12.9. The zero-order valence-electron chi connectivity index (χ0n) is 45.7. The smallest absolute Gasteiger partial charge is 0.478 e. The van der Waals surface area contributed by atoms with Crippen molar-refractivity contribution in [3.8, 4) is 34.3 Å². The molecule has 1 saturated heterocycles. The van der Waals surface area contributed by atoms with E-state index in [0.717, 1.165) is 11.0 Å². The number of nitrogens with zero attached hydrogens (tertiary/aromatic N) is 5. The van der Waals surface area contributed by atoms with Gasteiger partial charge in [0.25, 0.3) is 17.2 Å². The van der Waals surface area contributed by atoms with Crippen molar-refractivity contribution in [1.29, 1.82) is 0 Å². The Morgan fingerprint density at radius 3 is 2.42 bits per heavy atom. The van der Waals surface area contributed by atoms with Gasteiger partial charge in [-0.05, 0) is 60.5 Å². The van der Waals surface area contributed by atoms with Crippen LogP contribution < -0.4 is 36.8 Å². The maximum atomic E-state index is 13.9. The number of alkyl carbamates (subject to hydrolysis) is 1. The summed E-state index contributed by atoms with van der Waals surface area (Å²) in [6.45, 7) is -0.425. The number of phosphoric acid groups is 3. The predicted molar refractivity (Wildman–Crippen MR) is 301 cm³/mol. The minimum atomic E-state index is -5.84. The Labute approximate surface area is 480 Å². The number of phosphoric ester groups is 1. The van der Waals surface area contributed by atoms with Crippen molar-refractivity contribution in [3.63, 3.8) is 0 Å². The fraction of sp³-hybridized carbons (Fsp3) is 0.294. The number of carbonyl (C=O) groups is 3. The lowest BCUT2D eigenvalue weighted by Gasteiger charge is -2.21. The molecule has 0 bridgehead atoms. The number of fused-ring (bicyclic) bond motifs is 3. The monoisotopic (exact) mass is 1240 g/mol. The van der Waals surface area contributed by atoms with Crippen LogP contribution in [0.15, 0.2) is 88.2 Å². The molecule has 2 amide bonds. The molecule has 0 saturated carbocycles. The van der Waals surface area contributed by atoms with Gasteiger partial charge in [-0.15, -0.1) is 0 Å². The van der Waals surface area contributed by atoms with Gasteiger partial charge in [0.15, 0.2) is 5.65 Å². The summed E-state index contributed by atoms with van der Waals surface area (Å²) in [5.74, 6) is 3.74. The first kappa shape index (κ1) is 62.9. The summed E-state index contributed by atoms with van der Waals surface area (Å²) >= 11 is 0. The number of nitrogens with two attached hydrogens (primary N) is 1. The highest BCUT2D eigenvalue weighted by molar-refractivity contribution is 7.66. The Kier molecular flexibility index (Phi) is 18.9. The normalized spacial score (nSPS) is 16.9. The second kappa shape index (κ2) is 25.6. The number of aromatic amines is 1. The number of aromatic nitrogens is 3. The van der Waals surface area contributed by atoms with E-state index in [1.165, 1.54) is 61.2 Å². The molecule has 3 aliphatic rings. The summed E-state index contributed by atoms with van der Waals surface area (Å²) in [4.78, 5) is 110. The van der Waals surface area contributed by atoms with Gasteiger partial charge in [0.2, 0.25) is 11.3 Å². The largest absolute Gasteiger partial charge is 0.490 e. The first-order chi connectivity index (χ1) is 40.0. The zero-order valence-corrected chi connectivity index (χ0v) is 48.4. The molecule has 5 aromatic rings. The van der Waals surface area contributed by atoms with Gasteiger partial charge in [-0.1, -0.05) is 17.9 Å². The van der Waals surface area contributed by atoms with Gasteiger partial charge in [0.1, 0.15) is 50.7 Å². The van der Waals surface area contributed by atoms with Gasteiger partial charge < -0.3 is 73.9 Å². The first-order valence-corrected chi connectivity index (χ1v) is 29.5. The number of carboxylic acids is 1. The topological polar surface area (TPSA) is 431 Å². The average Bonchev–Trinajstić information content (AvgIpc) is 1.88. The van der Waals surface area contributed by atoms with Crippen LogP contribution in [0.1, 0.15) is 63.1 Å². The van der Waals surface area contributed by atoms with Crippen LogP contribution in [0.2, 0.25) is 0 Å². The SMILES string of the molecule is COCO[C@H]1C[C@H](n2cc(C#CCNC(=O)OC(C)c3cc(CNC(=O)c4ccc(C(=O)O)c(-c5c6ccc(=[N+](C)C)cc-6oc6cc(N(C)C)ccc56)c4)ccc3[N+](=O)[O-])c3c(=O)[nH]c(N)nc32)O[C@@H]1COP(=O)(O)OP(=O)(O)OP(=O)(O)O. The number of ether oxygens (including phenoxy) is 4. The van der Waals surface area contributed by atoms with E-state index in [9.17, 15) is 57.9 Å². The molecule has 450 valence electrons. The van der Waals surface area contributed by atoms with Crippen LogP contribution in [-0.4, -0.2) is 130 Å². The molecule has 3 aromatic carbocycles. The van der Waals surface area contributed by atoms with Crippen LogP contribution in [0.4, 0.5) is 22.1 Å². The Hall–Kier alpha value is -8.17. The molecule has 31 nitrogen and oxygen atoms in total. The van der Waals surface area contributed by atoms with Crippen LogP contribution in [0.25, 0.3) is 44.5 Å². The molecule has 2 aromatic heterocycles. The molecule has 1 aliphatic carbocycles. The Bertz CT molecular complexity index is 4110. The first-order valence-electron chi connectivity index (χ1n) is 25.0. The fourth-order valence-electron chi connectivity index (χ4n) is 9.11. The standard InChI is InChI=1S/C51H54N9O22P3/c1-27(78-51(65)53-17-7-8-30-24-59(46-44(30)48(62)56-50(52)55-46)43-22-41(76-26-75-6)42(80-43)25-77-84(71,72)82-85(73,74)81-83(68,69)70)36-18-28(9-16-38(36)60(66)67)23-54-47(61)29-10-13-33(49(63)64)37(19-29)45-34-14-11-31(57(2)3)20-39(34)79-40-21-32(58(4)5)12-15-35(40)45/h9-16,18-21,24,27,41-43H,17,22-23,25-26H2,1-6H3,(H9-,52,53,54,55,56,61,62,63,64,65,68,69,70,71,72,73,74)/p+1/t27?,41-,42+,43+/m0/s1. The van der Waals surface area contributed by atoms with Gasteiger partial charge in [-0.25, -0.2) is 27.9 Å². The number of nitro benzene ring substituents is 1. The Morgan fingerprint density at radius 1 is 0.988 bits per heavy atom. The minimum absolute atomic E-state index is 0.0339. The highest BCUT2D eigenvalue weighted by Crippen LogP contribution is 2.66. The number of nitro groups is 1. The molecule has 0 spiro atoms. The van der Waals surface area contributed by atoms with E-state index in [2.05, 4.69) is 41.1 Å². The van der Waals surface area contributed by atoms with Crippen molar-refractivity contribution in [2.24, 2.45) is 0 Å². The van der Waals surface area contributed by atoms with Crippen molar-refractivity contribution in [2.45, 2.75) is 44.4 Å². The highest BCUT2D eigenvalue weighted by Gasteiger charge is 2.44. The number of hydrogen-bond acceptors (Lipinski definition) is 20. The fourth-order valence-corrected chi connectivity index (χ4v) is 12.1. The highest BCUT2D eigenvalue weighted by atomic mass is 31.3. The Balaban J connectivity index is 0.959. The molecule has 8 rings (SSSR count). The van der Waals surface area contributed by atoms with Crippen molar-refractivity contribution in [3.05, 3.63) is 133 Å². The number of methoxy groups -OCH3 is 1. The van der Waals surface area contributed by atoms with Gasteiger partial charge >= 0.3 is 35.5 Å². The summed E-state index contributed by atoms with van der Waals surface area (Å²) in [5, 5.41) is 29.2. The number of hydrogen-bond donors (Lipinski definition) is 9. The van der Waals surface area contributed by atoms with E-state index in [-0.39, 0.29) is 64.6 Å². The number of carbonyl (C=O) groups excluding carboxylic acids is 2. The Morgan fingerprint density at radius 2 is 1.74 bits per heavy atom. The second-order valence-corrected chi connectivity index (χ2v) is 23.6. The van der Waals surface area contributed by atoms with Gasteiger partial charge in [0.05, 0.1) is 52.3 Å². The molecule has 4 heterocycles. The van der Waals surface area contributed by atoms with Crippen molar-refractivity contribution in [1.82, 2.24) is 29.7 Å². The van der Waals surface area contributed by atoms with Crippen molar-refractivity contribution >= 4 is 80.8 Å². The van der Waals surface area contributed by atoms with E-state index in [1.807, 2.05) is 74.1 Å². The second-order valence-electron chi connectivity index (χ2n) is 19.2. The maximum Gasteiger partial charge on any atom is 0.490 e. The number of rotatable bonds is 21.